The van der Waals surface area contributed by atoms with Gasteiger partial charge >= 0.3 is 0 Å². The molecule has 5 nitrogen and oxygen atoms in total. The zero-order valence-electron chi connectivity index (χ0n) is 14.0. The predicted molar refractivity (Wildman–Crippen MR) is 90.9 cm³/mol. The van der Waals surface area contributed by atoms with E-state index in [0.717, 1.165) is 38.1 Å². The molecule has 2 heterocycles. The fraction of sp³-hybridized carbons (Fsp3) is 0.474. The quantitative estimate of drug-likeness (QED) is 0.868. The lowest BCUT2D eigenvalue weighted by molar-refractivity contribution is -0.134. The van der Waals surface area contributed by atoms with Crippen LogP contribution in [0.5, 0.6) is 5.75 Å². The van der Waals surface area contributed by atoms with Crippen molar-refractivity contribution in [1.29, 1.82) is 0 Å². The highest BCUT2D eigenvalue weighted by Gasteiger charge is 2.47. The molecule has 126 valence electrons. The van der Waals surface area contributed by atoms with Crippen LogP contribution < -0.4 is 4.74 Å². The van der Waals surface area contributed by atoms with E-state index in [2.05, 4.69) is 15.6 Å². The summed E-state index contributed by atoms with van der Waals surface area (Å²) in [6, 6.07) is 8.41. The average Bonchev–Trinajstić information content (AvgIpc) is 3.24. The first-order valence-corrected chi connectivity index (χ1v) is 8.67. The Balaban J connectivity index is 1.43. The van der Waals surface area contributed by atoms with Gasteiger partial charge in [-0.15, -0.1) is 0 Å². The molecule has 1 aliphatic carbocycles. The molecule has 0 spiro atoms. The summed E-state index contributed by atoms with van der Waals surface area (Å²) in [5.74, 6) is 1.62. The van der Waals surface area contributed by atoms with Gasteiger partial charge in [-0.05, 0) is 36.8 Å². The molecule has 2 aliphatic rings. The molecule has 4 rings (SSSR count). The number of piperidine rings is 1. The van der Waals surface area contributed by atoms with Crippen molar-refractivity contribution in [3.05, 3.63) is 48.5 Å². The minimum absolute atomic E-state index is 0.114. The second kappa shape index (κ2) is 6.30. The highest BCUT2D eigenvalue weighted by molar-refractivity contribution is 5.83. The smallest absolute Gasteiger partial charge is 0.226 e. The van der Waals surface area contributed by atoms with Crippen molar-refractivity contribution in [2.45, 2.75) is 31.2 Å². The molecule has 24 heavy (non-hydrogen) atoms. The number of para-hydroxylation sites is 1. The van der Waals surface area contributed by atoms with Crippen molar-refractivity contribution in [3.63, 3.8) is 0 Å². The van der Waals surface area contributed by atoms with E-state index in [0.29, 0.717) is 17.9 Å². The van der Waals surface area contributed by atoms with Gasteiger partial charge in [0, 0.05) is 31.4 Å². The van der Waals surface area contributed by atoms with Crippen LogP contribution in [0.4, 0.5) is 0 Å². The maximum absolute atomic E-state index is 12.9. The van der Waals surface area contributed by atoms with E-state index < -0.39 is 0 Å². The maximum atomic E-state index is 12.9. The lowest BCUT2D eigenvalue weighted by Gasteiger charge is -2.33. The van der Waals surface area contributed by atoms with Gasteiger partial charge in [-0.3, -0.25) is 4.79 Å². The molecule has 3 atom stereocenters. The van der Waals surface area contributed by atoms with Crippen molar-refractivity contribution in [3.8, 4) is 5.75 Å². The minimum Gasteiger partial charge on any atom is -0.496 e. The van der Waals surface area contributed by atoms with Gasteiger partial charge in [0.05, 0.1) is 19.5 Å². The number of hydrogen-bond donors (Lipinski definition) is 0. The van der Waals surface area contributed by atoms with E-state index >= 15 is 0 Å². The predicted octanol–water partition coefficient (Wildman–Crippen LogP) is 2.86. The summed E-state index contributed by atoms with van der Waals surface area (Å²) in [4.78, 5) is 19.1. The maximum Gasteiger partial charge on any atom is 0.226 e. The molecule has 1 aliphatic heterocycles. The number of benzene rings is 1. The number of imidazole rings is 1. The lowest BCUT2D eigenvalue weighted by Crippen LogP contribution is -2.41. The molecular weight excluding hydrogens is 302 g/mol. The zero-order chi connectivity index (χ0) is 16.5. The van der Waals surface area contributed by atoms with Crippen LogP contribution in [0.3, 0.4) is 0 Å². The first-order valence-electron chi connectivity index (χ1n) is 8.67. The van der Waals surface area contributed by atoms with E-state index in [4.69, 9.17) is 4.74 Å². The fourth-order valence-electron chi connectivity index (χ4n) is 3.90. The lowest BCUT2D eigenvalue weighted by atomic mass is 10.0. The third-order valence-electron chi connectivity index (χ3n) is 5.30. The van der Waals surface area contributed by atoms with Crippen molar-refractivity contribution in [1.82, 2.24) is 14.5 Å². The summed E-state index contributed by atoms with van der Waals surface area (Å²) in [5.41, 5.74) is 1.17. The van der Waals surface area contributed by atoms with E-state index in [1.807, 2.05) is 35.6 Å². The van der Waals surface area contributed by atoms with Gasteiger partial charge in [-0.1, -0.05) is 18.2 Å². The van der Waals surface area contributed by atoms with Crippen molar-refractivity contribution < 1.29 is 9.53 Å². The average molecular weight is 325 g/mol. The van der Waals surface area contributed by atoms with Crippen LogP contribution in [0.15, 0.2) is 43.0 Å². The summed E-state index contributed by atoms with van der Waals surface area (Å²) in [6.07, 6.45) is 8.76. The number of methoxy groups -OCH3 is 1. The molecule has 0 unspecified atom stereocenters. The number of carbonyl (C=O) groups is 1. The number of aromatic nitrogens is 2. The van der Waals surface area contributed by atoms with Gasteiger partial charge in [-0.2, -0.15) is 0 Å². The van der Waals surface area contributed by atoms with Crippen LogP contribution in [0.1, 0.15) is 36.8 Å². The number of ether oxygens (including phenoxy) is 1. The van der Waals surface area contributed by atoms with Gasteiger partial charge < -0.3 is 14.2 Å². The van der Waals surface area contributed by atoms with E-state index in [-0.39, 0.29) is 5.92 Å². The number of amides is 1. The van der Waals surface area contributed by atoms with E-state index in [9.17, 15) is 4.79 Å². The Morgan fingerprint density at radius 2 is 2.21 bits per heavy atom. The summed E-state index contributed by atoms with van der Waals surface area (Å²) in [6.45, 7) is 1.67. The van der Waals surface area contributed by atoms with Gasteiger partial charge in [0.15, 0.2) is 0 Å². The molecule has 0 bridgehead atoms. The number of nitrogens with zero attached hydrogens (tertiary/aromatic N) is 3. The summed E-state index contributed by atoms with van der Waals surface area (Å²) in [7, 11) is 1.69. The Morgan fingerprint density at radius 1 is 1.33 bits per heavy atom. The molecule has 0 N–H and O–H groups in total. The summed E-state index contributed by atoms with van der Waals surface area (Å²) in [5, 5.41) is 0. The Bertz CT molecular complexity index is 713. The molecule has 1 saturated heterocycles. The molecule has 0 radical (unpaired) electrons. The van der Waals surface area contributed by atoms with Gasteiger partial charge in [0.2, 0.25) is 5.91 Å². The number of likely N-dealkylation sites (tertiary alicyclic amines) is 1. The van der Waals surface area contributed by atoms with Crippen LogP contribution in [0, 0.1) is 5.92 Å². The standard InChI is InChI=1S/C19H23N3O2/c1-24-18-7-3-2-6-15(18)16-11-17(16)19(23)21-9-4-5-14(12-21)22-10-8-20-13-22/h2-3,6-8,10,13-14,16-17H,4-5,9,11-12H2,1H3/t14-,16-,17-/m0/s1. The number of carbonyl (C=O) groups excluding carboxylic acids is 1. The molecule has 1 aromatic carbocycles. The van der Waals surface area contributed by atoms with Crippen molar-refractivity contribution in [2.75, 3.05) is 20.2 Å². The summed E-state index contributed by atoms with van der Waals surface area (Å²) >= 11 is 0. The molecule has 1 saturated carbocycles. The number of rotatable bonds is 4. The monoisotopic (exact) mass is 325 g/mol. The normalized spacial score (nSPS) is 26.2. The molecule has 1 aromatic heterocycles. The number of hydrogen-bond acceptors (Lipinski definition) is 3. The Morgan fingerprint density at radius 3 is 3.00 bits per heavy atom. The molecule has 5 heteroatoms. The minimum atomic E-state index is 0.114. The zero-order valence-corrected chi connectivity index (χ0v) is 14.0. The highest BCUT2D eigenvalue weighted by atomic mass is 16.5. The van der Waals surface area contributed by atoms with Crippen molar-refractivity contribution in [2.24, 2.45) is 5.92 Å². The van der Waals surface area contributed by atoms with Crippen LogP contribution in [-0.2, 0) is 4.79 Å². The molecule has 1 amide bonds. The Hall–Kier alpha value is -2.30. The van der Waals surface area contributed by atoms with Crippen LogP contribution in [0.2, 0.25) is 0 Å². The first kappa shape index (κ1) is 15.2. The first-order chi connectivity index (χ1) is 11.8. The molecule has 2 fully saturated rings. The topological polar surface area (TPSA) is 47.4 Å². The third-order valence-corrected chi connectivity index (χ3v) is 5.30. The Labute approximate surface area is 142 Å². The molecular formula is C19H23N3O2. The van der Waals surface area contributed by atoms with E-state index in [1.165, 1.54) is 5.56 Å². The largest absolute Gasteiger partial charge is 0.496 e. The van der Waals surface area contributed by atoms with Crippen LogP contribution in [0.25, 0.3) is 0 Å². The second-order valence-corrected chi connectivity index (χ2v) is 6.78. The molecule has 2 aromatic rings. The highest BCUT2D eigenvalue weighted by Crippen LogP contribution is 2.51. The fourth-order valence-corrected chi connectivity index (χ4v) is 3.90. The van der Waals surface area contributed by atoms with Crippen LogP contribution >= 0.6 is 0 Å². The van der Waals surface area contributed by atoms with Gasteiger partial charge in [0.25, 0.3) is 0 Å². The van der Waals surface area contributed by atoms with Crippen molar-refractivity contribution >= 4 is 5.91 Å². The third kappa shape index (κ3) is 2.79. The SMILES string of the molecule is COc1ccccc1[C@@H]1C[C@@H]1C(=O)N1CCC[C@H](n2ccnc2)C1. The van der Waals surface area contributed by atoms with Gasteiger partial charge in [-0.25, -0.2) is 4.98 Å². The summed E-state index contributed by atoms with van der Waals surface area (Å²) < 4.78 is 7.58. The second-order valence-electron chi connectivity index (χ2n) is 6.78. The van der Waals surface area contributed by atoms with Gasteiger partial charge in [0.1, 0.15) is 5.75 Å². The van der Waals surface area contributed by atoms with Crippen LogP contribution in [-0.4, -0.2) is 40.6 Å². The van der Waals surface area contributed by atoms with E-state index in [1.54, 1.807) is 13.3 Å². The Kier molecular flexibility index (Phi) is 4.00.